The Bertz CT molecular complexity index is 568. The Balaban J connectivity index is 2.64. The van der Waals surface area contributed by atoms with Gasteiger partial charge in [0.2, 0.25) is 0 Å². The molecule has 0 aliphatic rings. The number of hydrogen-bond donors (Lipinski definition) is 2. The summed E-state index contributed by atoms with van der Waals surface area (Å²) < 4.78 is 12.0. The topological polar surface area (TPSA) is 84.9 Å². The van der Waals surface area contributed by atoms with Crippen LogP contribution >= 0.6 is 15.9 Å². The second-order valence-corrected chi connectivity index (χ2v) is 7.74. The molecule has 0 saturated heterocycles. The Morgan fingerprint density at radius 3 is 2.36 bits per heavy atom. The van der Waals surface area contributed by atoms with E-state index in [4.69, 9.17) is 14.6 Å². The van der Waals surface area contributed by atoms with Crippen molar-refractivity contribution in [3.05, 3.63) is 34.3 Å². The van der Waals surface area contributed by atoms with Crippen molar-refractivity contribution >= 4 is 28.0 Å². The summed E-state index contributed by atoms with van der Waals surface area (Å²) in [7, 11) is 0. The van der Waals surface area contributed by atoms with Crippen molar-refractivity contribution in [1.82, 2.24) is 5.32 Å². The van der Waals surface area contributed by atoms with E-state index in [9.17, 15) is 9.59 Å². The Morgan fingerprint density at radius 1 is 1.24 bits per heavy atom. The number of benzene rings is 1. The minimum Gasteiger partial charge on any atom is -0.481 e. The maximum atomic E-state index is 12.0. The largest absolute Gasteiger partial charge is 0.481 e. The number of alkyl carbamates (subject to hydrolysis) is 1. The van der Waals surface area contributed by atoms with Crippen LogP contribution < -0.4 is 5.32 Å². The molecule has 0 unspecified atom stereocenters. The molecule has 1 amide bonds. The van der Waals surface area contributed by atoms with E-state index in [1.54, 1.807) is 20.8 Å². The highest BCUT2D eigenvalue weighted by Crippen LogP contribution is 2.15. The minimum atomic E-state index is -0.920. The molecule has 25 heavy (non-hydrogen) atoms. The lowest BCUT2D eigenvalue weighted by Crippen LogP contribution is -2.45. The monoisotopic (exact) mass is 415 g/mol. The van der Waals surface area contributed by atoms with Gasteiger partial charge in [0.25, 0.3) is 0 Å². The highest BCUT2D eigenvalue weighted by Gasteiger charge is 2.24. The van der Waals surface area contributed by atoms with E-state index in [0.717, 1.165) is 10.0 Å². The van der Waals surface area contributed by atoms with Gasteiger partial charge in [0.1, 0.15) is 5.60 Å². The molecular weight excluding hydrogens is 390 g/mol. The van der Waals surface area contributed by atoms with Gasteiger partial charge in [-0.3, -0.25) is 4.79 Å². The van der Waals surface area contributed by atoms with Gasteiger partial charge in [0, 0.05) is 10.9 Å². The van der Waals surface area contributed by atoms with Crippen LogP contribution in [0.2, 0.25) is 0 Å². The van der Waals surface area contributed by atoms with Crippen molar-refractivity contribution in [2.24, 2.45) is 0 Å². The number of amides is 1. The number of halogens is 1. The Labute approximate surface area is 157 Å². The third-order valence-corrected chi connectivity index (χ3v) is 3.89. The van der Waals surface area contributed by atoms with Gasteiger partial charge in [-0.25, -0.2) is 4.79 Å². The predicted octanol–water partition coefficient (Wildman–Crippen LogP) is 4.11. The standard InChI is InChI=1S/C18H26BrNO5/c1-12(24-11-13-5-7-14(19)8-6-13)15(9-10-16(21)22)20-17(23)25-18(2,3)4/h5-8,12,15H,9-11H2,1-4H3,(H,20,23)(H,21,22)/t12-,15+/m1/s1. The van der Waals surface area contributed by atoms with E-state index in [1.165, 1.54) is 0 Å². The molecule has 1 rings (SSSR count). The Hall–Kier alpha value is -1.60. The number of carbonyl (C=O) groups excluding carboxylic acids is 1. The molecule has 0 saturated carbocycles. The van der Waals surface area contributed by atoms with Crippen LogP contribution in [-0.4, -0.2) is 34.9 Å². The molecule has 0 aliphatic carbocycles. The molecule has 140 valence electrons. The molecule has 0 spiro atoms. The van der Waals surface area contributed by atoms with E-state index < -0.39 is 23.7 Å². The number of ether oxygens (including phenoxy) is 2. The molecule has 2 atom stereocenters. The van der Waals surface area contributed by atoms with Crippen LogP contribution in [0.3, 0.4) is 0 Å². The van der Waals surface area contributed by atoms with Crippen molar-refractivity contribution in [3.8, 4) is 0 Å². The van der Waals surface area contributed by atoms with Crippen LogP contribution in [0, 0.1) is 0 Å². The quantitative estimate of drug-likeness (QED) is 0.666. The van der Waals surface area contributed by atoms with E-state index in [-0.39, 0.29) is 18.9 Å². The minimum absolute atomic E-state index is 0.0630. The van der Waals surface area contributed by atoms with Crippen LogP contribution in [-0.2, 0) is 20.9 Å². The second kappa shape index (κ2) is 9.77. The Morgan fingerprint density at radius 2 is 1.84 bits per heavy atom. The molecule has 6 nitrogen and oxygen atoms in total. The summed E-state index contributed by atoms with van der Waals surface area (Å²) in [5, 5.41) is 11.6. The molecule has 0 radical (unpaired) electrons. The third-order valence-electron chi connectivity index (χ3n) is 3.36. The first-order chi connectivity index (χ1) is 11.6. The highest BCUT2D eigenvalue weighted by molar-refractivity contribution is 9.10. The number of hydrogen-bond acceptors (Lipinski definition) is 4. The van der Waals surface area contributed by atoms with Gasteiger partial charge < -0.3 is 19.9 Å². The molecule has 0 heterocycles. The lowest BCUT2D eigenvalue weighted by molar-refractivity contribution is -0.137. The van der Waals surface area contributed by atoms with Gasteiger partial charge in [0.05, 0.1) is 18.8 Å². The lowest BCUT2D eigenvalue weighted by Gasteiger charge is -2.27. The number of carboxylic acids is 1. The summed E-state index contributed by atoms with van der Waals surface area (Å²) in [6, 6.07) is 7.25. The maximum absolute atomic E-state index is 12.0. The zero-order chi connectivity index (χ0) is 19.0. The van der Waals surface area contributed by atoms with E-state index in [2.05, 4.69) is 21.2 Å². The average molecular weight is 416 g/mol. The molecule has 7 heteroatoms. The van der Waals surface area contributed by atoms with Crippen LogP contribution in [0.25, 0.3) is 0 Å². The number of carbonyl (C=O) groups is 2. The van der Waals surface area contributed by atoms with Crippen LogP contribution in [0.5, 0.6) is 0 Å². The Kier molecular flexibility index (Phi) is 8.38. The summed E-state index contributed by atoms with van der Waals surface area (Å²) in [6.45, 7) is 7.49. The van der Waals surface area contributed by atoms with Gasteiger partial charge in [-0.05, 0) is 51.8 Å². The van der Waals surface area contributed by atoms with Crippen molar-refractivity contribution in [2.45, 2.75) is 64.9 Å². The van der Waals surface area contributed by atoms with Crippen LogP contribution in [0.1, 0.15) is 46.1 Å². The van der Waals surface area contributed by atoms with Gasteiger partial charge in [-0.15, -0.1) is 0 Å². The van der Waals surface area contributed by atoms with E-state index in [0.29, 0.717) is 6.61 Å². The first kappa shape index (κ1) is 21.4. The summed E-state index contributed by atoms with van der Waals surface area (Å²) in [5.41, 5.74) is 0.368. The zero-order valence-corrected chi connectivity index (χ0v) is 16.6. The summed E-state index contributed by atoms with van der Waals surface area (Å²) in [4.78, 5) is 22.9. The molecule has 0 aromatic heterocycles. The summed E-state index contributed by atoms with van der Waals surface area (Å²) >= 11 is 3.38. The SMILES string of the molecule is C[C@@H](OCc1ccc(Br)cc1)[C@H](CCC(=O)O)NC(=O)OC(C)(C)C. The van der Waals surface area contributed by atoms with Gasteiger partial charge >= 0.3 is 12.1 Å². The summed E-state index contributed by atoms with van der Waals surface area (Å²) in [6.07, 6.45) is -0.750. The maximum Gasteiger partial charge on any atom is 0.407 e. The summed E-state index contributed by atoms with van der Waals surface area (Å²) in [5.74, 6) is -0.920. The van der Waals surface area contributed by atoms with Gasteiger partial charge in [0.15, 0.2) is 0 Å². The van der Waals surface area contributed by atoms with E-state index in [1.807, 2.05) is 31.2 Å². The molecule has 1 aromatic rings. The van der Waals surface area contributed by atoms with Gasteiger partial charge in [-0.1, -0.05) is 28.1 Å². The smallest absolute Gasteiger partial charge is 0.407 e. The molecule has 0 fully saturated rings. The number of rotatable bonds is 8. The zero-order valence-electron chi connectivity index (χ0n) is 15.0. The van der Waals surface area contributed by atoms with Crippen LogP contribution in [0.15, 0.2) is 28.7 Å². The molecule has 0 bridgehead atoms. The first-order valence-electron chi connectivity index (χ1n) is 8.14. The average Bonchev–Trinajstić information content (AvgIpc) is 2.48. The molecule has 0 aliphatic heterocycles. The normalized spacial score (nSPS) is 13.8. The lowest BCUT2D eigenvalue weighted by atomic mass is 10.1. The highest BCUT2D eigenvalue weighted by atomic mass is 79.9. The fraction of sp³-hybridized carbons (Fsp3) is 0.556. The predicted molar refractivity (Wildman–Crippen MR) is 98.4 cm³/mol. The fourth-order valence-corrected chi connectivity index (χ4v) is 2.35. The first-order valence-corrected chi connectivity index (χ1v) is 8.93. The number of carboxylic acid groups (broad SMARTS) is 1. The molecular formula is C18H26BrNO5. The van der Waals surface area contributed by atoms with E-state index >= 15 is 0 Å². The van der Waals surface area contributed by atoms with Crippen molar-refractivity contribution in [1.29, 1.82) is 0 Å². The van der Waals surface area contributed by atoms with Crippen LogP contribution in [0.4, 0.5) is 4.79 Å². The number of aliphatic carboxylic acids is 1. The van der Waals surface area contributed by atoms with Crippen molar-refractivity contribution < 1.29 is 24.2 Å². The second-order valence-electron chi connectivity index (χ2n) is 6.83. The fourth-order valence-electron chi connectivity index (χ4n) is 2.09. The van der Waals surface area contributed by atoms with Crippen molar-refractivity contribution in [3.63, 3.8) is 0 Å². The molecule has 1 aromatic carbocycles. The third kappa shape index (κ3) is 9.45. The van der Waals surface area contributed by atoms with Crippen molar-refractivity contribution in [2.75, 3.05) is 0 Å². The molecule has 2 N–H and O–H groups in total. The number of nitrogens with one attached hydrogen (secondary N) is 1. The van der Waals surface area contributed by atoms with Gasteiger partial charge in [-0.2, -0.15) is 0 Å².